The number of likely N-dealkylation sites (N-methyl/N-ethyl adjacent to an activating group) is 1. The molecule has 1 fully saturated rings. The zero-order chi connectivity index (χ0) is 24.8. The van der Waals surface area contributed by atoms with E-state index in [1.54, 1.807) is 18.2 Å². The van der Waals surface area contributed by atoms with Gasteiger partial charge in [0.25, 0.3) is 10.0 Å². The van der Waals surface area contributed by atoms with E-state index in [0.717, 1.165) is 10.9 Å². The number of rotatable bonds is 5. The lowest BCUT2D eigenvalue weighted by molar-refractivity contribution is 0.511. The summed E-state index contributed by atoms with van der Waals surface area (Å²) < 4.78 is 55.9. The summed E-state index contributed by atoms with van der Waals surface area (Å²) in [6.45, 7) is 0.675. The Hall–Kier alpha value is -3.18. The molecular weight excluding hydrogens is 508 g/mol. The second-order valence-electron chi connectivity index (χ2n) is 8.08. The van der Waals surface area contributed by atoms with Crippen LogP contribution in [0.25, 0.3) is 22.2 Å². The number of pyridine rings is 1. The zero-order valence-electron chi connectivity index (χ0n) is 18.6. The zero-order valence-corrected chi connectivity index (χ0v) is 21.0. The van der Waals surface area contributed by atoms with Crippen molar-refractivity contribution in [3.05, 3.63) is 83.9 Å². The number of benzene rings is 3. The number of hydrogen-bond donors (Lipinski definition) is 1. The Morgan fingerprint density at radius 2 is 1.69 bits per heavy atom. The maximum absolute atomic E-state index is 13.0. The molecule has 0 unspecified atom stereocenters. The molecule has 0 atom stereocenters. The molecule has 0 aliphatic carbocycles. The summed E-state index contributed by atoms with van der Waals surface area (Å²) in [5, 5.41) is 1.43. The number of aromatic nitrogens is 1. The van der Waals surface area contributed by atoms with Gasteiger partial charge in [0.1, 0.15) is 0 Å². The molecule has 1 aromatic heterocycles. The molecule has 1 saturated heterocycles. The summed E-state index contributed by atoms with van der Waals surface area (Å²) >= 11 is 6.41. The van der Waals surface area contributed by atoms with Crippen molar-refractivity contribution in [3.8, 4) is 11.3 Å². The van der Waals surface area contributed by atoms with Gasteiger partial charge in [-0.05, 0) is 54.6 Å². The molecule has 11 heteroatoms. The van der Waals surface area contributed by atoms with Gasteiger partial charge in [0, 0.05) is 36.8 Å². The maximum atomic E-state index is 13.0. The van der Waals surface area contributed by atoms with Crippen molar-refractivity contribution in [1.29, 1.82) is 0 Å². The maximum Gasteiger partial charge on any atom is 0.303 e. The van der Waals surface area contributed by atoms with E-state index in [9.17, 15) is 16.8 Å². The van der Waals surface area contributed by atoms with Crippen LogP contribution in [0.3, 0.4) is 0 Å². The van der Waals surface area contributed by atoms with E-state index in [0.29, 0.717) is 40.7 Å². The number of nitrogens with one attached hydrogen (secondary N) is 1. The van der Waals surface area contributed by atoms with Crippen LogP contribution in [0.15, 0.2) is 83.8 Å². The van der Waals surface area contributed by atoms with E-state index in [1.165, 1.54) is 39.9 Å². The standard InChI is InChI=1S/C24H21ClN4O4S2/c1-28-14-15-29(35(28,32)33)19-8-10-20(11-9-19)34(30,31)27-18-7-12-22(25)21(16-18)24-13-6-17-4-2-3-5-23(17)26-24/h2-13,16,27H,14-15H2,1H3. The van der Waals surface area contributed by atoms with Gasteiger partial charge in [0.2, 0.25) is 0 Å². The lowest BCUT2D eigenvalue weighted by atomic mass is 10.1. The van der Waals surface area contributed by atoms with Gasteiger partial charge in [0.15, 0.2) is 0 Å². The molecule has 1 aliphatic rings. The molecule has 3 aromatic carbocycles. The van der Waals surface area contributed by atoms with E-state index in [2.05, 4.69) is 9.71 Å². The molecule has 8 nitrogen and oxygen atoms in total. The van der Waals surface area contributed by atoms with Crippen LogP contribution in [-0.4, -0.2) is 46.3 Å². The number of para-hydroxylation sites is 1. The van der Waals surface area contributed by atoms with Gasteiger partial charge in [0.05, 0.1) is 26.8 Å². The molecule has 0 amide bonds. The van der Waals surface area contributed by atoms with Crippen LogP contribution in [0, 0.1) is 0 Å². The van der Waals surface area contributed by atoms with E-state index >= 15 is 0 Å². The molecule has 0 radical (unpaired) electrons. The van der Waals surface area contributed by atoms with Gasteiger partial charge in [-0.25, -0.2) is 13.4 Å². The minimum Gasteiger partial charge on any atom is -0.280 e. The first-order chi connectivity index (χ1) is 16.6. The van der Waals surface area contributed by atoms with E-state index in [-0.39, 0.29) is 4.90 Å². The molecule has 4 aromatic rings. The molecule has 1 N–H and O–H groups in total. The number of nitrogens with zero attached hydrogens (tertiary/aromatic N) is 3. The van der Waals surface area contributed by atoms with E-state index < -0.39 is 20.2 Å². The van der Waals surface area contributed by atoms with E-state index in [1.807, 2.05) is 36.4 Å². The Kier molecular flexibility index (Phi) is 5.92. The minimum atomic E-state index is -3.93. The summed E-state index contributed by atoms with van der Waals surface area (Å²) in [5.74, 6) is 0. The largest absolute Gasteiger partial charge is 0.303 e. The van der Waals surface area contributed by atoms with Gasteiger partial charge >= 0.3 is 10.2 Å². The predicted octanol–water partition coefficient (Wildman–Crippen LogP) is 4.35. The molecule has 180 valence electrons. The number of halogens is 1. The molecule has 35 heavy (non-hydrogen) atoms. The number of sulfonamides is 1. The highest BCUT2D eigenvalue weighted by Gasteiger charge is 2.34. The van der Waals surface area contributed by atoms with Crippen LogP contribution < -0.4 is 9.03 Å². The van der Waals surface area contributed by atoms with Crippen LogP contribution >= 0.6 is 11.6 Å². The van der Waals surface area contributed by atoms with Gasteiger partial charge in [-0.3, -0.25) is 9.03 Å². The van der Waals surface area contributed by atoms with Crippen LogP contribution in [-0.2, 0) is 20.2 Å². The quantitative estimate of drug-likeness (QED) is 0.415. The first-order valence-electron chi connectivity index (χ1n) is 10.7. The highest BCUT2D eigenvalue weighted by Crippen LogP contribution is 2.32. The van der Waals surface area contributed by atoms with Crippen molar-refractivity contribution in [2.24, 2.45) is 0 Å². The first-order valence-corrected chi connectivity index (χ1v) is 13.9. The van der Waals surface area contributed by atoms with Gasteiger partial charge in [-0.2, -0.15) is 12.7 Å². The predicted molar refractivity (Wildman–Crippen MR) is 138 cm³/mol. The fourth-order valence-corrected chi connectivity index (χ4v) is 6.51. The van der Waals surface area contributed by atoms with Crippen LogP contribution in [0.5, 0.6) is 0 Å². The van der Waals surface area contributed by atoms with Crippen LogP contribution in [0.4, 0.5) is 11.4 Å². The van der Waals surface area contributed by atoms with Crippen molar-refractivity contribution >= 4 is 54.1 Å². The van der Waals surface area contributed by atoms with Crippen molar-refractivity contribution in [2.75, 3.05) is 29.2 Å². The normalized spacial score (nSPS) is 16.0. The topological polar surface area (TPSA) is 99.7 Å². The lowest BCUT2D eigenvalue weighted by Crippen LogP contribution is -2.30. The molecule has 0 spiro atoms. The Labute approximate surface area is 209 Å². The summed E-state index contributed by atoms with van der Waals surface area (Å²) in [6.07, 6.45) is 0. The molecule has 0 saturated carbocycles. The lowest BCUT2D eigenvalue weighted by Gasteiger charge is -2.18. The minimum absolute atomic E-state index is 0.00605. The van der Waals surface area contributed by atoms with Crippen molar-refractivity contribution in [1.82, 2.24) is 9.29 Å². The number of fused-ring (bicyclic) bond motifs is 1. The average molecular weight is 529 g/mol. The smallest absolute Gasteiger partial charge is 0.280 e. The van der Waals surface area contributed by atoms with Crippen LogP contribution in [0.1, 0.15) is 0 Å². The average Bonchev–Trinajstić information content (AvgIpc) is 3.12. The third kappa shape index (κ3) is 4.45. The molecule has 0 bridgehead atoms. The monoisotopic (exact) mass is 528 g/mol. The second-order valence-corrected chi connectivity index (χ2v) is 12.1. The fraction of sp³-hybridized carbons (Fsp3) is 0.125. The molecule has 2 heterocycles. The molecule has 1 aliphatic heterocycles. The van der Waals surface area contributed by atoms with Gasteiger partial charge < -0.3 is 0 Å². The Balaban J connectivity index is 1.41. The third-order valence-corrected chi connectivity index (χ3v) is 9.47. The summed E-state index contributed by atoms with van der Waals surface area (Å²) in [7, 11) is -6.01. The second kappa shape index (κ2) is 8.80. The summed E-state index contributed by atoms with van der Waals surface area (Å²) in [5.41, 5.74) is 2.75. The highest BCUT2D eigenvalue weighted by molar-refractivity contribution is 7.92. The van der Waals surface area contributed by atoms with Crippen molar-refractivity contribution < 1.29 is 16.8 Å². The number of hydrogen-bond acceptors (Lipinski definition) is 5. The third-order valence-electron chi connectivity index (χ3n) is 5.82. The Morgan fingerprint density at radius 3 is 2.40 bits per heavy atom. The fourth-order valence-electron chi connectivity index (χ4n) is 3.90. The first kappa shape index (κ1) is 23.6. The Bertz CT molecular complexity index is 1640. The van der Waals surface area contributed by atoms with Crippen molar-refractivity contribution in [2.45, 2.75) is 4.90 Å². The summed E-state index contributed by atoms with van der Waals surface area (Å²) in [6, 6.07) is 22.0. The Morgan fingerprint density at radius 1 is 0.943 bits per heavy atom. The van der Waals surface area contributed by atoms with Gasteiger partial charge in [-0.1, -0.05) is 35.9 Å². The highest BCUT2D eigenvalue weighted by atomic mass is 35.5. The number of anilines is 2. The van der Waals surface area contributed by atoms with Crippen LogP contribution in [0.2, 0.25) is 5.02 Å². The summed E-state index contributed by atoms with van der Waals surface area (Å²) in [4.78, 5) is 4.65. The van der Waals surface area contributed by atoms with Gasteiger partial charge in [-0.15, -0.1) is 0 Å². The molecular formula is C24H21ClN4O4S2. The SMILES string of the molecule is CN1CCN(c2ccc(S(=O)(=O)Nc3ccc(Cl)c(-c4ccc5ccccc5n4)c3)cc2)S1(=O)=O. The van der Waals surface area contributed by atoms with E-state index in [4.69, 9.17) is 11.6 Å². The molecule has 5 rings (SSSR count). The van der Waals surface area contributed by atoms with Crippen molar-refractivity contribution in [3.63, 3.8) is 0 Å².